The minimum Gasteiger partial charge on any atom is -0.385 e. The van der Waals surface area contributed by atoms with Crippen LogP contribution in [0.2, 0.25) is 0 Å². The third-order valence-corrected chi connectivity index (χ3v) is 4.13. The molecule has 1 N–H and O–H groups in total. The molecule has 3 heterocycles. The second-order valence-electron chi connectivity index (χ2n) is 5.89. The Balaban J connectivity index is 1.56. The van der Waals surface area contributed by atoms with E-state index in [2.05, 4.69) is 35.1 Å². The van der Waals surface area contributed by atoms with Crippen molar-refractivity contribution in [3.8, 4) is 0 Å². The zero-order valence-electron chi connectivity index (χ0n) is 14.8. The van der Waals surface area contributed by atoms with E-state index in [1.807, 2.05) is 6.07 Å². The van der Waals surface area contributed by atoms with Gasteiger partial charge in [-0.2, -0.15) is 0 Å². The van der Waals surface area contributed by atoms with E-state index in [0.29, 0.717) is 18.8 Å². The van der Waals surface area contributed by atoms with Gasteiger partial charge in [0.15, 0.2) is 0 Å². The van der Waals surface area contributed by atoms with Crippen molar-refractivity contribution in [2.45, 2.75) is 6.42 Å². The predicted octanol–water partition coefficient (Wildman–Crippen LogP) is 0.360. The number of hydrogen-bond donors (Lipinski definition) is 1. The van der Waals surface area contributed by atoms with Crippen molar-refractivity contribution in [2.75, 3.05) is 56.2 Å². The number of carbonyl (C=O) groups excluding carboxylic acids is 1. The molecule has 1 aliphatic rings. The van der Waals surface area contributed by atoms with Crippen LogP contribution in [0.25, 0.3) is 0 Å². The van der Waals surface area contributed by atoms with E-state index in [4.69, 9.17) is 4.74 Å². The van der Waals surface area contributed by atoms with Gasteiger partial charge in [-0.15, -0.1) is 0 Å². The summed E-state index contributed by atoms with van der Waals surface area (Å²) in [7, 11) is 1.64. The second-order valence-corrected chi connectivity index (χ2v) is 5.89. The third kappa shape index (κ3) is 4.63. The average Bonchev–Trinajstić information content (AvgIpc) is 2.72. The zero-order chi connectivity index (χ0) is 18.2. The summed E-state index contributed by atoms with van der Waals surface area (Å²) in [5, 5.41) is 2.84. The highest BCUT2D eigenvalue weighted by molar-refractivity contribution is 5.92. The molecular weight excluding hydrogens is 334 g/mol. The summed E-state index contributed by atoms with van der Waals surface area (Å²) < 4.78 is 4.97. The topological polar surface area (TPSA) is 96.4 Å². The fraction of sp³-hybridized carbons (Fsp3) is 0.471. The van der Waals surface area contributed by atoms with Gasteiger partial charge in [-0.3, -0.25) is 4.79 Å². The van der Waals surface area contributed by atoms with Crippen LogP contribution in [-0.2, 0) is 4.74 Å². The molecule has 26 heavy (non-hydrogen) atoms. The number of nitrogens with zero attached hydrogens (tertiary/aromatic N) is 6. The van der Waals surface area contributed by atoms with E-state index in [1.165, 1.54) is 6.33 Å². The normalized spacial score (nSPS) is 14.3. The number of rotatable bonds is 7. The lowest BCUT2D eigenvalue weighted by molar-refractivity contribution is 0.0943. The first-order chi connectivity index (χ1) is 12.8. The molecule has 9 heteroatoms. The predicted molar refractivity (Wildman–Crippen MR) is 97.3 cm³/mol. The maximum absolute atomic E-state index is 12.2. The lowest BCUT2D eigenvalue weighted by Gasteiger charge is -2.35. The first-order valence-corrected chi connectivity index (χ1v) is 8.64. The van der Waals surface area contributed by atoms with E-state index in [9.17, 15) is 4.79 Å². The van der Waals surface area contributed by atoms with Gasteiger partial charge in [0.1, 0.15) is 17.8 Å². The Morgan fingerprint density at radius 2 is 1.85 bits per heavy atom. The number of methoxy groups -OCH3 is 1. The zero-order valence-corrected chi connectivity index (χ0v) is 14.8. The summed E-state index contributed by atoms with van der Waals surface area (Å²) in [4.78, 5) is 33.5. The molecule has 1 amide bonds. The number of aromatic nitrogens is 4. The van der Waals surface area contributed by atoms with Crippen LogP contribution in [0.4, 0.5) is 11.8 Å². The van der Waals surface area contributed by atoms with Gasteiger partial charge in [0, 0.05) is 64.9 Å². The second kappa shape index (κ2) is 9.04. The van der Waals surface area contributed by atoms with Gasteiger partial charge >= 0.3 is 0 Å². The van der Waals surface area contributed by atoms with Crippen molar-refractivity contribution >= 4 is 17.7 Å². The highest BCUT2D eigenvalue weighted by Crippen LogP contribution is 2.16. The molecule has 0 unspecified atom stereocenters. The van der Waals surface area contributed by atoms with Gasteiger partial charge in [-0.05, 0) is 12.5 Å². The standard InChI is InChI=1S/C17H23N7O2/c1-26-11-3-6-18-16(25)14-12-15(22-13-21-14)23-7-9-24(10-8-23)17-19-4-2-5-20-17/h2,4-5,12-13H,3,6-11H2,1H3,(H,18,25). The van der Waals surface area contributed by atoms with Gasteiger partial charge in [0.05, 0.1) is 0 Å². The monoisotopic (exact) mass is 357 g/mol. The number of anilines is 2. The van der Waals surface area contributed by atoms with Crippen molar-refractivity contribution in [1.29, 1.82) is 0 Å². The van der Waals surface area contributed by atoms with Crippen LogP contribution in [0.5, 0.6) is 0 Å². The van der Waals surface area contributed by atoms with Crippen molar-refractivity contribution < 1.29 is 9.53 Å². The van der Waals surface area contributed by atoms with E-state index in [1.54, 1.807) is 25.6 Å². The number of hydrogen-bond acceptors (Lipinski definition) is 8. The molecule has 0 radical (unpaired) electrons. The largest absolute Gasteiger partial charge is 0.385 e. The molecule has 2 aromatic heterocycles. The summed E-state index contributed by atoms with van der Waals surface area (Å²) in [6, 6.07) is 3.54. The lowest BCUT2D eigenvalue weighted by atomic mass is 10.3. The molecule has 0 saturated carbocycles. The first-order valence-electron chi connectivity index (χ1n) is 8.64. The SMILES string of the molecule is COCCCNC(=O)c1cc(N2CCN(c3ncccn3)CC2)ncn1. The molecule has 0 aliphatic carbocycles. The van der Waals surface area contributed by atoms with Crippen LogP contribution < -0.4 is 15.1 Å². The van der Waals surface area contributed by atoms with Gasteiger partial charge in [0.2, 0.25) is 5.95 Å². The molecule has 2 aromatic rings. The Hall–Kier alpha value is -2.81. The van der Waals surface area contributed by atoms with Crippen molar-refractivity contribution in [3.05, 3.63) is 36.5 Å². The minimum absolute atomic E-state index is 0.193. The smallest absolute Gasteiger partial charge is 0.270 e. The summed E-state index contributed by atoms with van der Waals surface area (Å²) >= 11 is 0. The number of nitrogens with one attached hydrogen (secondary N) is 1. The van der Waals surface area contributed by atoms with Gasteiger partial charge in [-0.25, -0.2) is 19.9 Å². The maximum atomic E-state index is 12.2. The van der Waals surface area contributed by atoms with E-state index in [-0.39, 0.29) is 5.91 Å². The van der Waals surface area contributed by atoms with Gasteiger partial charge < -0.3 is 19.9 Å². The molecule has 1 aliphatic heterocycles. The molecule has 1 fully saturated rings. The van der Waals surface area contributed by atoms with Crippen LogP contribution in [0, 0.1) is 0 Å². The first kappa shape index (κ1) is 18.0. The molecule has 0 bridgehead atoms. The van der Waals surface area contributed by atoms with Crippen molar-refractivity contribution in [2.24, 2.45) is 0 Å². The third-order valence-electron chi connectivity index (χ3n) is 4.13. The molecule has 0 spiro atoms. The maximum Gasteiger partial charge on any atom is 0.270 e. The van der Waals surface area contributed by atoms with Crippen LogP contribution in [-0.4, -0.2) is 72.3 Å². The number of amides is 1. The van der Waals surface area contributed by atoms with Crippen LogP contribution in [0.1, 0.15) is 16.9 Å². The fourth-order valence-electron chi connectivity index (χ4n) is 2.74. The van der Waals surface area contributed by atoms with Crippen LogP contribution >= 0.6 is 0 Å². The van der Waals surface area contributed by atoms with Crippen LogP contribution in [0.3, 0.4) is 0 Å². The van der Waals surface area contributed by atoms with E-state index >= 15 is 0 Å². The summed E-state index contributed by atoms with van der Waals surface area (Å²) in [6.07, 6.45) is 5.70. The summed E-state index contributed by atoms with van der Waals surface area (Å²) in [6.45, 7) is 4.33. The Morgan fingerprint density at radius 1 is 1.12 bits per heavy atom. The Kier molecular flexibility index (Phi) is 6.26. The van der Waals surface area contributed by atoms with Gasteiger partial charge in [-0.1, -0.05) is 0 Å². The molecule has 0 aromatic carbocycles. The van der Waals surface area contributed by atoms with Crippen molar-refractivity contribution in [1.82, 2.24) is 25.3 Å². The van der Waals surface area contributed by atoms with Gasteiger partial charge in [0.25, 0.3) is 5.91 Å². The Morgan fingerprint density at radius 3 is 2.58 bits per heavy atom. The van der Waals surface area contributed by atoms with Crippen molar-refractivity contribution in [3.63, 3.8) is 0 Å². The number of piperazine rings is 1. The minimum atomic E-state index is -0.193. The number of carbonyl (C=O) groups is 1. The molecule has 0 atom stereocenters. The highest BCUT2D eigenvalue weighted by Gasteiger charge is 2.20. The highest BCUT2D eigenvalue weighted by atomic mass is 16.5. The molecule has 138 valence electrons. The molecule has 3 rings (SSSR count). The summed E-state index contributed by atoms with van der Waals surface area (Å²) in [5.41, 5.74) is 0.376. The molecular formula is C17H23N7O2. The van der Waals surface area contributed by atoms with E-state index < -0.39 is 0 Å². The van der Waals surface area contributed by atoms with Crippen LogP contribution in [0.15, 0.2) is 30.9 Å². The quantitative estimate of drug-likeness (QED) is 0.710. The lowest BCUT2D eigenvalue weighted by Crippen LogP contribution is -2.47. The Labute approximate surface area is 152 Å². The summed E-state index contributed by atoms with van der Waals surface area (Å²) in [5.74, 6) is 1.31. The Bertz CT molecular complexity index is 705. The average molecular weight is 357 g/mol. The number of ether oxygens (including phenoxy) is 1. The molecule has 1 saturated heterocycles. The van der Waals surface area contributed by atoms with E-state index in [0.717, 1.165) is 44.4 Å². The fourth-order valence-corrected chi connectivity index (χ4v) is 2.74. The molecule has 9 nitrogen and oxygen atoms in total.